The van der Waals surface area contributed by atoms with Crippen LogP contribution in [0.4, 0.5) is 0 Å². The highest BCUT2D eigenvalue weighted by Gasteiger charge is 2.42. The van der Waals surface area contributed by atoms with Crippen molar-refractivity contribution < 1.29 is 5.11 Å². The number of fused-ring (bicyclic) bond motifs is 1. The molecule has 0 bridgehead atoms. The number of phenolic OH excluding ortho intramolecular Hbond substituents is 1. The standard InChI is InChI=1S/C29H42N6O/c1-3-19-16-23(36)5-7-24(19)21-4-6-25-26(17-21)32-33-28(25)29-30-18-27(31-29)20-8-14-35(15-9-20)22-10-12-34(2)13-11-22/h5,7-8,16,18,21-22,25-26,28,32-33,36H,3-4,6,9-15,17H2,1-2H3,(H,30,31). The highest BCUT2D eigenvalue weighted by Crippen LogP contribution is 2.44. The van der Waals surface area contributed by atoms with Crippen LogP contribution in [0.2, 0.25) is 0 Å². The van der Waals surface area contributed by atoms with Crippen LogP contribution in [0.15, 0.2) is 30.5 Å². The normalized spacial score (nSPS) is 30.3. The van der Waals surface area contributed by atoms with E-state index in [4.69, 9.17) is 4.98 Å². The van der Waals surface area contributed by atoms with Gasteiger partial charge < -0.3 is 15.0 Å². The Labute approximate surface area is 215 Å². The van der Waals surface area contributed by atoms with Crippen LogP contribution < -0.4 is 10.9 Å². The third kappa shape index (κ3) is 4.74. The molecule has 194 valence electrons. The Morgan fingerprint density at radius 2 is 1.94 bits per heavy atom. The first-order valence-corrected chi connectivity index (χ1v) is 14.1. The van der Waals surface area contributed by atoms with Crippen LogP contribution in [0.3, 0.4) is 0 Å². The Kier molecular flexibility index (Phi) is 6.90. The molecule has 3 aliphatic heterocycles. The number of aromatic hydroxyl groups is 1. The zero-order valence-electron chi connectivity index (χ0n) is 21.8. The minimum atomic E-state index is 0.232. The van der Waals surface area contributed by atoms with Gasteiger partial charge in [0, 0.05) is 25.2 Å². The Morgan fingerprint density at radius 1 is 1.08 bits per heavy atom. The zero-order chi connectivity index (χ0) is 24.6. The van der Waals surface area contributed by atoms with Crippen LogP contribution in [0.25, 0.3) is 5.57 Å². The van der Waals surface area contributed by atoms with E-state index >= 15 is 0 Å². The van der Waals surface area contributed by atoms with Crippen LogP contribution in [0, 0.1) is 5.92 Å². The largest absolute Gasteiger partial charge is 0.508 e. The molecule has 1 saturated carbocycles. The maximum atomic E-state index is 9.91. The van der Waals surface area contributed by atoms with Crippen molar-refractivity contribution in [2.75, 3.05) is 33.2 Å². The summed E-state index contributed by atoms with van der Waals surface area (Å²) < 4.78 is 0. The minimum absolute atomic E-state index is 0.232. The third-order valence-corrected chi connectivity index (χ3v) is 9.38. The fourth-order valence-corrected chi connectivity index (χ4v) is 7.19. The second kappa shape index (κ2) is 10.3. The first-order chi connectivity index (χ1) is 17.6. The van der Waals surface area contributed by atoms with Gasteiger partial charge in [-0.15, -0.1) is 0 Å². The molecule has 0 radical (unpaired) electrons. The molecule has 4 atom stereocenters. The van der Waals surface area contributed by atoms with E-state index in [1.165, 1.54) is 61.2 Å². The first kappa shape index (κ1) is 24.2. The number of aryl methyl sites for hydroxylation is 1. The maximum Gasteiger partial charge on any atom is 0.125 e. The van der Waals surface area contributed by atoms with Gasteiger partial charge in [-0.3, -0.25) is 10.3 Å². The lowest BCUT2D eigenvalue weighted by Crippen LogP contribution is -2.45. The van der Waals surface area contributed by atoms with Crippen molar-refractivity contribution in [2.45, 2.75) is 75.9 Å². The van der Waals surface area contributed by atoms with Gasteiger partial charge in [-0.2, -0.15) is 0 Å². The van der Waals surface area contributed by atoms with Gasteiger partial charge in [-0.1, -0.05) is 19.1 Å². The number of rotatable bonds is 5. The monoisotopic (exact) mass is 490 g/mol. The summed E-state index contributed by atoms with van der Waals surface area (Å²) in [6.07, 6.45) is 12.6. The first-order valence-electron chi connectivity index (χ1n) is 14.1. The third-order valence-electron chi connectivity index (χ3n) is 9.38. The molecular formula is C29H42N6O. The summed E-state index contributed by atoms with van der Waals surface area (Å²) in [5, 5.41) is 9.91. The lowest BCUT2D eigenvalue weighted by Gasteiger charge is -2.38. The van der Waals surface area contributed by atoms with Gasteiger partial charge in [0.25, 0.3) is 0 Å². The molecule has 0 spiro atoms. The number of benzene rings is 1. The predicted octanol–water partition coefficient (Wildman–Crippen LogP) is 3.96. The topological polar surface area (TPSA) is 79.5 Å². The number of nitrogens with one attached hydrogen (secondary N) is 3. The van der Waals surface area contributed by atoms with Crippen molar-refractivity contribution in [1.82, 2.24) is 30.6 Å². The second-order valence-electron chi connectivity index (χ2n) is 11.5. The van der Waals surface area contributed by atoms with Gasteiger partial charge in [-0.25, -0.2) is 10.4 Å². The average molecular weight is 491 g/mol. The van der Waals surface area contributed by atoms with E-state index < -0.39 is 0 Å². The molecule has 3 fully saturated rings. The van der Waals surface area contributed by atoms with Crippen molar-refractivity contribution in [3.05, 3.63) is 53.1 Å². The van der Waals surface area contributed by atoms with Crippen LogP contribution in [0.1, 0.15) is 80.1 Å². The van der Waals surface area contributed by atoms with Crippen molar-refractivity contribution in [3.63, 3.8) is 0 Å². The molecule has 36 heavy (non-hydrogen) atoms. The van der Waals surface area contributed by atoms with E-state index in [1.807, 2.05) is 12.1 Å². The summed E-state index contributed by atoms with van der Waals surface area (Å²) in [5.41, 5.74) is 12.5. The molecule has 4 unspecified atom stereocenters. The quantitative estimate of drug-likeness (QED) is 0.508. The molecule has 2 saturated heterocycles. The molecule has 4 heterocycles. The van der Waals surface area contributed by atoms with Crippen molar-refractivity contribution >= 4 is 5.57 Å². The molecule has 7 heteroatoms. The van der Waals surface area contributed by atoms with Gasteiger partial charge >= 0.3 is 0 Å². The summed E-state index contributed by atoms with van der Waals surface area (Å²) in [7, 11) is 2.24. The van der Waals surface area contributed by atoms with E-state index in [0.29, 0.717) is 23.6 Å². The zero-order valence-corrected chi connectivity index (χ0v) is 21.8. The SMILES string of the molecule is CCc1cc(O)ccc1C1CCC2C(C1)NNC2c1ncc(C2=CCN(C3CCN(C)CC3)CC2)[nH]1. The number of H-pyrrole nitrogens is 1. The molecule has 2 aromatic rings. The summed E-state index contributed by atoms with van der Waals surface area (Å²) in [6.45, 7) is 6.84. The van der Waals surface area contributed by atoms with Crippen LogP contribution in [-0.4, -0.2) is 70.2 Å². The smallest absolute Gasteiger partial charge is 0.125 e. The summed E-state index contributed by atoms with van der Waals surface area (Å²) in [4.78, 5) is 13.7. The Bertz CT molecular complexity index is 1090. The number of piperidine rings is 1. The van der Waals surface area contributed by atoms with E-state index in [1.54, 1.807) is 0 Å². The second-order valence-corrected chi connectivity index (χ2v) is 11.5. The fourth-order valence-electron chi connectivity index (χ4n) is 7.19. The Hall–Kier alpha value is -2.19. The molecule has 4 aliphatic rings. The lowest BCUT2D eigenvalue weighted by atomic mass is 9.73. The molecule has 7 nitrogen and oxygen atoms in total. The van der Waals surface area contributed by atoms with Crippen molar-refractivity contribution in [1.29, 1.82) is 0 Å². The molecule has 1 aliphatic carbocycles. The maximum absolute atomic E-state index is 9.91. The number of likely N-dealkylation sites (tertiary alicyclic amines) is 1. The molecule has 6 rings (SSSR count). The minimum Gasteiger partial charge on any atom is -0.508 e. The molecule has 1 aromatic heterocycles. The number of nitrogens with zero attached hydrogens (tertiary/aromatic N) is 3. The number of aromatic amines is 1. The Morgan fingerprint density at radius 3 is 2.72 bits per heavy atom. The van der Waals surface area contributed by atoms with Crippen LogP contribution >= 0.6 is 0 Å². The summed E-state index contributed by atoms with van der Waals surface area (Å²) >= 11 is 0. The van der Waals surface area contributed by atoms with E-state index in [0.717, 1.165) is 44.2 Å². The molecular weight excluding hydrogens is 448 g/mol. The summed E-state index contributed by atoms with van der Waals surface area (Å²) in [5.74, 6) is 2.53. The number of aromatic nitrogens is 2. The van der Waals surface area contributed by atoms with Crippen molar-refractivity contribution in [3.8, 4) is 5.75 Å². The fraction of sp³-hybridized carbons (Fsp3) is 0.621. The van der Waals surface area contributed by atoms with Gasteiger partial charge in [0.2, 0.25) is 0 Å². The van der Waals surface area contributed by atoms with Crippen LogP contribution in [-0.2, 0) is 6.42 Å². The lowest BCUT2D eigenvalue weighted by molar-refractivity contribution is 0.131. The van der Waals surface area contributed by atoms with Crippen LogP contribution in [0.5, 0.6) is 5.75 Å². The van der Waals surface area contributed by atoms with E-state index in [2.05, 4.69) is 57.9 Å². The molecule has 1 aromatic carbocycles. The predicted molar refractivity (Wildman–Crippen MR) is 144 cm³/mol. The number of hydrazine groups is 1. The Balaban J connectivity index is 1.09. The van der Waals surface area contributed by atoms with Crippen molar-refractivity contribution in [2.24, 2.45) is 5.92 Å². The van der Waals surface area contributed by atoms with Gasteiger partial charge in [-0.05, 0) is 106 Å². The number of hydrogen-bond donors (Lipinski definition) is 4. The number of imidazole rings is 1. The van der Waals surface area contributed by atoms with Gasteiger partial charge in [0.15, 0.2) is 0 Å². The van der Waals surface area contributed by atoms with Gasteiger partial charge in [0.1, 0.15) is 11.6 Å². The van der Waals surface area contributed by atoms with E-state index in [9.17, 15) is 5.11 Å². The number of phenols is 1. The molecule has 0 amide bonds. The highest BCUT2D eigenvalue weighted by molar-refractivity contribution is 5.63. The average Bonchev–Trinajstić information content (AvgIpc) is 3.56. The van der Waals surface area contributed by atoms with E-state index in [-0.39, 0.29) is 6.04 Å². The highest BCUT2D eigenvalue weighted by atomic mass is 16.3. The molecule has 4 N–H and O–H groups in total. The number of hydrogen-bond acceptors (Lipinski definition) is 6. The van der Waals surface area contributed by atoms with Gasteiger partial charge in [0.05, 0.1) is 17.9 Å². The summed E-state index contributed by atoms with van der Waals surface area (Å²) in [6, 6.07) is 7.35.